The van der Waals surface area contributed by atoms with Crippen molar-refractivity contribution in [2.45, 2.75) is 43.8 Å². The summed E-state index contributed by atoms with van der Waals surface area (Å²) >= 11 is 0. The molecule has 1 saturated heterocycles. The molecule has 8 heteroatoms. The van der Waals surface area contributed by atoms with E-state index in [2.05, 4.69) is 10.6 Å². The maximum absolute atomic E-state index is 12.7. The first kappa shape index (κ1) is 15.8. The van der Waals surface area contributed by atoms with Crippen LogP contribution in [0, 0.1) is 0 Å². The second-order valence-electron chi connectivity index (χ2n) is 6.78. The highest BCUT2D eigenvalue weighted by Crippen LogP contribution is 2.31. The summed E-state index contributed by atoms with van der Waals surface area (Å²) in [7, 11) is 0. The van der Waals surface area contributed by atoms with Gasteiger partial charge in [-0.15, -0.1) is 0 Å². The topological polar surface area (TPSA) is 122 Å². The van der Waals surface area contributed by atoms with Crippen LogP contribution >= 0.6 is 0 Å². The molecule has 2 fully saturated rings. The van der Waals surface area contributed by atoms with Gasteiger partial charge in [0.1, 0.15) is 6.04 Å². The first-order chi connectivity index (χ1) is 11.9. The van der Waals surface area contributed by atoms with Gasteiger partial charge in [0.05, 0.1) is 11.1 Å². The Morgan fingerprint density at radius 2 is 1.80 bits per heavy atom. The van der Waals surface area contributed by atoms with Crippen molar-refractivity contribution in [2.75, 3.05) is 5.32 Å². The summed E-state index contributed by atoms with van der Waals surface area (Å²) in [5, 5.41) is 5.48. The summed E-state index contributed by atoms with van der Waals surface area (Å²) in [4.78, 5) is 49.6. The molecule has 0 spiro atoms. The predicted octanol–water partition coefficient (Wildman–Crippen LogP) is -0.0106. The number of hydrogen-bond donors (Lipinski definition) is 3. The number of imide groups is 2. The fraction of sp³-hybridized carbons (Fsp3) is 0.412. The summed E-state index contributed by atoms with van der Waals surface area (Å²) in [5.41, 5.74) is 7.08. The molecule has 8 nitrogen and oxygen atoms in total. The number of piperidine rings is 1. The van der Waals surface area contributed by atoms with E-state index in [9.17, 15) is 19.2 Å². The van der Waals surface area contributed by atoms with E-state index >= 15 is 0 Å². The van der Waals surface area contributed by atoms with Crippen molar-refractivity contribution in [3.63, 3.8) is 0 Å². The highest BCUT2D eigenvalue weighted by Gasteiger charge is 2.44. The molecule has 1 unspecified atom stereocenters. The lowest BCUT2D eigenvalue weighted by molar-refractivity contribution is -0.136. The Morgan fingerprint density at radius 1 is 1.08 bits per heavy atom. The molecule has 4 amide bonds. The van der Waals surface area contributed by atoms with Crippen LogP contribution < -0.4 is 16.4 Å². The van der Waals surface area contributed by atoms with Gasteiger partial charge in [0.25, 0.3) is 11.8 Å². The molecule has 0 radical (unpaired) electrons. The Hall–Kier alpha value is -2.74. The zero-order valence-electron chi connectivity index (χ0n) is 13.5. The van der Waals surface area contributed by atoms with Gasteiger partial charge in [-0.2, -0.15) is 0 Å². The minimum atomic E-state index is -0.939. The summed E-state index contributed by atoms with van der Waals surface area (Å²) in [6, 6.07) is 4.53. The van der Waals surface area contributed by atoms with E-state index in [0.717, 1.165) is 23.4 Å². The molecule has 4 rings (SSSR count). The summed E-state index contributed by atoms with van der Waals surface area (Å²) in [6.07, 6.45) is 2.00. The van der Waals surface area contributed by atoms with Gasteiger partial charge in [0, 0.05) is 24.2 Å². The molecule has 2 heterocycles. The molecule has 0 aromatic heterocycles. The third kappa shape index (κ3) is 2.58. The van der Waals surface area contributed by atoms with Crippen molar-refractivity contribution < 1.29 is 19.2 Å². The van der Waals surface area contributed by atoms with Gasteiger partial charge in [0.15, 0.2) is 0 Å². The molecule has 2 aliphatic heterocycles. The van der Waals surface area contributed by atoms with Crippen LogP contribution in [0.5, 0.6) is 0 Å². The second-order valence-corrected chi connectivity index (χ2v) is 6.78. The van der Waals surface area contributed by atoms with Crippen LogP contribution in [-0.2, 0) is 9.59 Å². The lowest BCUT2D eigenvalue weighted by Crippen LogP contribution is -2.54. The minimum Gasteiger partial charge on any atom is -0.382 e. The first-order valence-electron chi connectivity index (χ1n) is 8.32. The number of carbonyl (C=O) groups is 4. The molecule has 1 aliphatic carbocycles. The lowest BCUT2D eigenvalue weighted by atomic mass is 9.87. The average Bonchev–Trinajstić information content (AvgIpc) is 2.78. The van der Waals surface area contributed by atoms with Crippen LogP contribution in [0.2, 0.25) is 0 Å². The zero-order valence-corrected chi connectivity index (χ0v) is 13.5. The van der Waals surface area contributed by atoms with Crippen LogP contribution in [0.3, 0.4) is 0 Å². The monoisotopic (exact) mass is 342 g/mol. The van der Waals surface area contributed by atoms with Crippen molar-refractivity contribution in [3.05, 3.63) is 29.3 Å². The second kappa shape index (κ2) is 5.66. The third-order valence-electron chi connectivity index (χ3n) is 4.99. The molecule has 25 heavy (non-hydrogen) atoms. The minimum absolute atomic E-state index is 0.110. The van der Waals surface area contributed by atoms with Crippen LogP contribution in [0.15, 0.2) is 18.2 Å². The Balaban J connectivity index is 1.57. The van der Waals surface area contributed by atoms with Gasteiger partial charge in [0.2, 0.25) is 11.8 Å². The van der Waals surface area contributed by atoms with E-state index in [4.69, 9.17) is 5.73 Å². The van der Waals surface area contributed by atoms with Gasteiger partial charge >= 0.3 is 0 Å². The predicted molar refractivity (Wildman–Crippen MR) is 87.7 cm³/mol. The van der Waals surface area contributed by atoms with E-state index in [1.165, 1.54) is 0 Å². The van der Waals surface area contributed by atoms with E-state index in [0.29, 0.717) is 0 Å². The smallest absolute Gasteiger partial charge is 0.262 e. The van der Waals surface area contributed by atoms with Crippen molar-refractivity contribution in [1.29, 1.82) is 0 Å². The lowest BCUT2D eigenvalue weighted by Gasteiger charge is -2.33. The number of carbonyl (C=O) groups excluding carboxylic acids is 4. The van der Waals surface area contributed by atoms with Crippen molar-refractivity contribution >= 4 is 29.3 Å². The van der Waals surface area contributed by atoms with Crippen molar-refractivity contribution in [2.24, 2.45) is 5.73 Å². The Labute approximate surface area is 143 Å². The van der Waals surface area contributed by atoms with Crippen molar-refractivity contribution in [1.82, 2.24) is 10.2 Å². The molecular formula is C17H18N4O4. The third-order valence-corrected chi connectivity index (χ3v) is 4.99. The maximum Gasteiger partial charge on any atom is 0.262 e. The molecule has 1 aromatic rings. The number of nitrogens with two attached hydrogens (primary N) is 1. The number of hydrogen-bond acceptors (Lipinski definition) is 6. The van der Waals surface area contributed by atoms with Crippen molar-refractivity contribution in [3.8, 4) is 0 Å². The number of rotatable bonds is 3. The molecule has 4 N–H and O–H groups in total. The van der Waals surface area contributed by atoms with E-state index in [1.807, 2.05) is 0 Å². The van der Waals surface area contributed by atoms with Gasteiger partial charge < -0.3 is 11.1 Å². The van der Waals surface area contributed by atoms with Crippen LogP contribution in [0.1, 0.15) is 46.4 Å². The van der Waals surface area contributed by atoms with Crippen LogP contribution in [-0.4, -0.2) is 46.7 Å². The van der Waals surface area contributed by atoms with Gasteiger partial charge in [-0.3, -0.25) is 29.4 Å². The standard InChI is InChI=1S/C17H18N4O4/c18-8-5-10(6-8)19-9-1-2-11-12(7-9)17(25)21(16(11)24)13-3-4-14(22)20-15(13)23/h1-2,7-8,10,13,19H,3-6,18H2,(H,20,22,23). The number of nitrogens with one attached hydrogen (secondary N) is 2. The zero-order chi connectivity index (χ0) is 17.7. The summed E-state index contributed by atoms with van der Waals surface area (Å²) in [5.74, 6) is -1.98. The van der Waals surface area contributed by atoms with Gasteiger partial charge in [-0.05, 0) is 37.5 Å². The van der Waals surface area contributed by atoms with E-state index < -0.39 is 23.8 Å². The average molecular weight is 342 g/mol. The van der Waals surface area contributed by atoms with Gasteiger partial charge in [-0.25, -0.2) is 0 Å². The number of anilines is 1. The number of amides is 4. The molecule has 3 aliphatic rings. The molecule has 1 aromatic carbocycles. The quantitative estimate of drug-likeness (QED) is 0.664. The number of benzene rings is 1. The molecule has 1 atom stereocenters. The number of fused-ring (bicyclic) bond motifs is 1. The molecule has 1 saturated carbocycles. The Kier molecular flexibility index (Phi) is 3.57. The highest BCUT2D eigenvalue weighted by molar-refractivity contribution is 6.23. The normalized spacial score (nSPS) is 28.5. The van der Waals surface area contributed by atoms with Crippen LogP contribution in [0.25, 0.3) is 0 Å². The Morgan fingerprint density at radius 3 is 2.48 bits per heavy atom. The van der Waals surface area contributed by atoms with E-state index in [-0.39, 0.29) is 42.0 Å². The van der Waals surface area contributed by atoms with Gasteiger partial charge in [-0.1, -0.05) is 0 Å². The van der Waals surface area contributed by atoms with E-state index in [1.54, 1.807) is 18.2 Å². The summed E-state index contributed by atoms with van der Waals surface area (Å²) < 4.78 is 0. The highest BCUT2D eigenvalue weighted by atomic mass is 16.2. The number of nitrogens with zero attached hydrogens (tertiary/aromatic N) is 1. The maximum atomic E-state index is 12.7. The van der Waals surface area contributed by atoms with Crippen LogP contribution in [0.4, 0.5) is 5.69 Å². The SMILES string of the molecule is NC1CC(Nc2ccc3c(c2)C(=O)N(C2CCC(=O)NC2=O)C3=O)C1. The first-order valence-corrected chi connectivity index (χ1v) is 8.32. The molecule has 130 valence electrons. The molecule has 0 bridgehead atoms. The molecular weight excluding hydrogens is 324 g/mol. The fourth-order valence-electron chi connectivity index (χ4n) is 3.58. The largest absolute Gasteiger partial charge is 0.382 e. The Bertz CT molecular complexity index is 800. The fourth-order valence-corrected chi connectivity index (χ4v) is 3.58. The summed E-state index contributed by atoms with van der Waals surface area (Å²) in [6.45, 7) is 0.